The Morgan fingerprint density at radius 3 is 1.58 bits per heavy atom. The van der Waals surface area contributed by atoms with Crippen LogP contribution in [0.1, 0.15) is 110 Å². The summed E-state index contributed by atoms with van der Waals surface area (Å²) >= 11 is 0. The van der Waals surface area contributed by atoms with Gasteiger partial charge in [-0.25, -0.2) is 4.79 Å². The van der Waals surface area contributed by atoms with Crippen LogP contribution in [-0.4, -0.2) is 29.5 Å². The highest BCUT2D eigenvalue weighted by Gasteiger charge is 2.32. The predicted molar refractivity (Wildman–Crippen MR) is 109 cm³/mol. The molecule has 0 aromatic rings. The molecule has 0 aliphatic rings. The third-order valence-corrected chi connectivity index (χ3v) is 5.16. The zero-order chi connectivity index (χ0) is 19.7. The Bertz CT molecular complexity index is 374. The summed E-state index contributed by atoms with van der Waals surface area (Å²) in [4.78, 5) is 23.5. The maximum Gasteiger partial charge on any atom is 0.332 e. The summed E-state index contributed by atoms with van der Waals surface area (Å²) in [5.74, 6) is 5.98. The maximum absolute atomic E-state index is 12.4. The topological polar surface area (TPSA) is 86.2 Å². The first-order chi connectivity index (χ1) is 12.5. The van der Waals surface area contributed by atoms with Gasteiger partial charge in [-0.2, -0.15) is 10.4 Å². The molecule has 0 saturated heterocycles. The fraction of sp³-hybridized carbons (Fsp3) is 0.905. The molecule has 0 aromatic heterocycles. The van der Waals surface area contributed by atoms with Crippen molar-refractivity contribution in [3.05, 3.63) is 0 Å². The number of carbonyl (C=O) groups is 2. The molecule has 0 rings (SSSR count). The fourth-order valence-electron chi connectivity index (χ4n) is 3.28. The van der Waals surface area contributed by atoms with Gasteiger partial charge in [0.25, 0.3) is 0 Å². The molecule has 154 valence electrons. The van der Waals surface area contributed by atoms with Crippen LogP contribution in [0.2, 0.25) is 0 Å². The number of hydrogen-bond acceptors (Lipinski definition) is 3. The van der Waals surface area contributed by atoms with E-state index in [1.54, 1.807) is 0 Å². The first-order valence-corrected chi connectivity index (χ1v) is 10.9. The van der Waals surface area contributed by atoms with Gasteiger partial charge in [-0.05, 0) is 19.3 Å². The van der Waals surface area contributed by atoms with Crippen LogP contribution in [0.25, 0.3) is 0 Å². The normalized spacial score (nSPS) is 13.5. The average Bonchev–Trinajstić information content (AvgIpc) is 2.62. The summed E-state index contributed by atoms with van der Waals surface area (Å²) in [5, 5.41) is 0. The molecule has 0 aliphatic heterocycles. The van der Waals surface area contributed by atoms with Gasteiger partial charge in [-0.1, -0.05) is 78.1 Å². The van der Waals surface area contributed by atoms with Crippen molar-refractivity contribution in [3.63, 3.8) is 0 Å². The smallest absolute Gasteiger partial charge is 0.332 e. The zero-order valence-electron chi connectivity index (χ0n) is 17.4. The van der Waals surface area contributed by atoms with E-state index in [1.165, 1.54) is 57.8 Å². The Morgan fingerprint density at radius 1 is 0.654 bits per heavy atom. The number of nitrogens with zero attached hydrogens (tertiary/aromatic N) is 1. The quantitative estimate of drug-likeness (QED) is 0.122. The minimum atomic E-state index is -0.389. The molecule has 0 aliphatic carbocycles. The predicted octanol–water partition coefficient (Wildman–Crippen LogP) is 4.58. The lowest BCUT2D eigenvalue weighted by Gasteiger charge is -2.30. The van der Waals surface area contributed by atoms with Gasteiger partial charge in [0.2, 0.25) is 5.91 Å². The number of amides is 2. The Labute approximate surface area is 161 Å². The van der Waals surface area contributed by atoms with Gasteiger partial charge >= 0.3 is 5.91 Å². The van der Waals surface area contributed by atoms with Crippen molar-refractivity contribution in [1.82, 2.24) is 0 Å². The summed E-state index contributed by atoms with van der Waals surface area (Å²) in [6.07, 6.45) is 16.4. The molecular formula is C21H44N3O2+. The van der Waals surface area contributed by atoms with Crippen molar-refractivity contribution in [1.29, 1.82) is 0 Å². The standard InChI is InChI=1S/C21H43N3O2/c1-3-5-7-8-9-10-11-12-13-14-15-18-24(23,19-17-20(22)25)21(26)16-6-4-2/h3-19,23H2,1-2H3,(H-,22,25)/p+1. The van der Waals surface area contributed by atoms with Crippen LogP contribution in [0.4, 0.5) is 0 Å². The lowest BCUT2D eigenvalue weighted by molar-refractivity contribution is -0.866. The lowest BCUT2D eigenvalue weighted by Crippen LogP contribution is -2.60. The molecule has 4 N–H and O–H groups in total. The second-order valence-electron chi connectivity index (χ2n) is 7.73. The van der Waals surface area contributed by atoms with Gasteiger partial charge in [-0.15, -0.1) is 0 Å². The molecule has 0 saturated carbocycles. The molecule has 26 heavy (non-hydrogen) atoms. The van der Waals surface area contributed by atoms with Crippen LogP contribution in [0.5, 0.6) is 0 Å². The van der Waals surface area contributed by atoms with Gasteiger partial charge in [0.05, 0.1) is 12.8 Å². The first-order valence-electron chi connectivity index (χ1n) is 10.9. The Hall–Kier alpha value is -0.940. The number of carbonyl (C=O) groups excluding carboxylic acids is 2. The van der Waals surface area contributed by atoms with Gasteiger partial charge in [-0.3, -0.25) is 4.79 Å². The minimum absolute atomic E-state index is 0.0418. The largest absolute Gasteiger partial charge is 0.369 e. The van der Waals surface area contributed by atoms with Crippen molar-refractivity contribution in [2.45, 2.75) is 110 Å². The molecule has 0 radical (unpaired) electrons. The van der Waals surface area contributed by atoms with E-state index in [0.29, 0.717) is 19.5 Å². The van der Waals surface area contributed by atoms with Crippen molar-refractivity contribution in [2.75, 3.05) is 13.1 Å². The molecule has 0 bridgehead atoms. The Kier molecular flexibility index (Phi) is 15.7. The van der Waals surface area contributed by atoms with Gasteiger partial charge < -0.3 is 5.73 Å². The Balaban J connectivity index is 3.94. The monoisotopic (exact) mass is 370 g/mol. The summed E-state index contributed by atoms with van der Waals surface area (Å²) in [6, 6.07) is 0. The summed E-state index contributed by atoms with van der Waals surface area (Å²) in [7, 11) is 0. The first kappa shape index (κ1) is 25.1. The fourth-order valence-corrected chi connectivity index (χ4v) is 3.28. The SMILES string of the molecule is CCCCCCCCCCCCC[N+](N)(CCC(N)=O)C(=O)CCCC. The van der Waals surface area contributed by atoms with E-state index in [2.05, 4.69) is 13.8 Å². The van der Waals surface area contributed by atoms with E-state index >= 15 is 0 Å². The molecule has 5 heteroatoms. The zero-order valence-corrected chi connectivity index (χ0v) is 17.4. The van der Waals surface area contributed by atoms with E-state index < -0.39 is 0 Å². The summed E-state index contributed by atoms with van der Waals surface area (Å²) in [6.45, 7) is 5.26. The van der Waals surface area contributed by atoms with E-state index in [4.69, 9.17) is 11.6 Å². The third-order valence-electron chi connectivity index (χ3n) is 5.16. The molecular weight excluding hydrogens is 326 g/mol. The molecule has 2 amide bonds. The highest BCUT2D eigenvalue weighted by Crippen LogP contribution is 2.14. The van der Waals surface area contributed by atoms with Crippen LogP contribution < -0.4 is 11.6 Å². The molecule has 1 atom stereocenters. The van der Waals surface area contributed by atoms with E-state index in [0.717, 1.165) is 25.7 Å². The number of rotatable bonds is 18. The molecule has 0 spiro atoms. The van der Waals surface area contributed by atoms with E-state index in [1.807, 2.05) is 0 Å². The highest BCUT2D eigenvalue weighted by molar-refractivity contribution is 5.74. The van der Waals surface area contributed by atoms with Crippen LogP contribution >= 0.6 is 0 Å². The van der Waals surface area contributed by atoms with Crippen molar-refractivity contribution in [3.8, 4) is 0 Å². The molecule has 0 fully saturated rings. The van der Waals surface area contributed by atoms with Crippen LogP contribution in [0, 0.1) is 0 Å². The van der Waals surface area contributed by atoms with Crippen LogP contribution in [0.3, 0.4) is 0 Å². The number of nitrogens with two attached hydrogens (primary N) is 2. The average molecular weight is 371 g/mol. The Morgan fingerprint density at radius 2 is 1.12 bits per heavy atom. The van der Waals surface area contributed by atoms with Crippen molar-refractivity contribution < 1.29 is 14.2 Å². The van der Waals surface area contributed by atoms with Crippen molar-refractivity contribution in [2.24, 2.45) is 11.6 Å². The number of primary amides is 1. The van der Waals surface area contributed by atoms with E-state index in [9.17, 15) is 9.59 Å². The molecule has 1 unspecified atom stereocenters. The maximum atomic E-state index is 12.4. The second kappa shape index (κ2) is 16.2. The van der Waals surface area contributed by atoms with Gasteiger partial charge in [0, 0.05) is 0 Å². The molecule has 0 aromatic carbocycles. The molecule has 0 heterocycles. The highest BCUT2D eigenvalue weighted by atomic mass is 16.2. The van der Waals surface area contributed by atoms with Crippen LogP contribution in [0.15, 0.2) is 0 Å². The summed E-state index contributed by atoms with van der Waals surface area (Å²) in [5.41, 5.74) is 5.25. The van der Waals surface area contributed by atoms with Gasteiger partial charge in [0.1, 0.15) is 13.1 Å². The van der Waals surface area contributed by atoms with Gasteiger partial charge in [0.15, 0.2) is 0 Å². The van der Waals surface area contributed by atoms with Crippen molar-refractivity contribution >= 4 is 11.8 Å². The number of quaternary nitrogens is 1. The third kappa shape index (κ3) is 13.3. The number of unbranched alkanes of at least 4 members (excludes halogenated alkanes) is 11. The lowest BCUT2D eigenvalue weighted by atomic mass is 10.1. The molecule has 5 nitrogen and oxygen atoms in total. The second-order valence-corrected chi connectivity index (χ2v) is 7.73. The number of hydrogen-bond donors (Lipinski definition) is 2. The summed E-state index contributed by atoms with van der Waals surface area (Å²) < 4.78 is -0.125. The minimum Gasteiger partial charge on any atom is -0.369 e. The van der Waals surface area contributed by atoms with E-state index in [-0.39, 0.29) is 22.8 Å². The van der Waals surface area contributed by atoms with Crippen LogP contribution in [-0.2, 0) is 9.59 Å².